The Morgan fingerprint density at radius 2 is 2.18 bits per heavy atom. The van der Waals surface area contributed by atoms with Gasteiger partial charge in [0, 0.05) is 18.0 Å². The van der Waals surface area contributed by atoms with Crippen LogP contribution in [0.5, 0.6) is 0 Å². The highest BCUT2D eigenvalue weighted by molar-refractivity contribution is 7.04. The number of nitrogens with zero attached hydrogens (tertiary/aromatic N) is 1. The second kappa shape index (κ2) is 2.81. The smallest absolute Gasteiger partial charge is 0.260 e. The molecule has 0 saturated carbocycles. The van der Waals surface area contributed by atoms with E-state index in [-0.39, 0.29) is 11.0 Å². The van der Waals surface area contributed by atoms with Crippen LogP contribution in [0.25, 0.3) is 0 Å². The van der Waals surface area contributed by atoms with Crippen LogP contribution in [0.2, 0.25) is 0 Å². The third kappa shape index (κ3) is 2.50. The first-order valence-electron chi connectivity index (χ1n) is 3.64. The van der Waals surface area contributed by atoms with Crippen molar-refractivity contribution < 1.29 is 0 Å². The third-order valence-electron chi connectivity index (χ3n) is 1.26. The molecule has 11 heavy (non-hydrogen) atoms. The lowest BCUT2D eigenvalue weighted by Gasteiger charge is -2.17. The number of hydrogen-bond donors (Lipinski definition) is 0. The van der Waals surface area contributed by atoms with E-state index in [2.05, 4.69) is 20.8 Å². The van der Waals surface area contributed by atoms with Crippen molar-refractivity contribution in [1.29, 1.82) is 0 Å². The van der Waals surface area contributed by atoms with Gasteiger partial charge in [-0.25, -0.2) is 0 Å². The molecule has 0 aliphatic heterocycles. The molecule has 0 bridgehead atoms. The predicted octanol–water partition coefficient (Wildman–Crippen LogP) is 1.96. The van der Waals surface area contributed by atoms with Crippen molar-refractivity contribution in [2.45, 2.75) is 27.3 Å². The largest absolute Gasteiger partial charge is 0.268 e. The Morgan fingerprint density at radius 3 is 2.55 bits per heavy atom. The minimum absolute atomic E-state index is 0.116. The summed E-state index contributed by atoms with van der Waals surface area (Å²) in [4.78, 5) is 11.1. The Bertz CT molecular complexity index is 279. The Balaban J connectivity index is 2.80. The van der Waals surface area contributed by atoms with Gasteiger partial charge in [0.1, 0.15) is 0 Å². The van der Waals surface area contributed by atoms with Gasteiger partial charge < -0.3 is 0 Å². The maximum Gasteiger partial charge on any atom is 0.260 e. The normalized spacial score (nSPS) is 11.9. The van der Waals surface area contributed by atoms with Crippen molar-refractivity contribution in [1.82, 2.24) is 3.96 Å². The van der Waals surface area contributed by atoms with Crippen LogP contribution >= 0.6 is 11.5 Å². The Morgan fingerprint density at radius 1 is 1.55 bits per heavy atom. The van der Waals surface area contributed by atoms with Crippen LogP contribution in [-0.4, -0.2) is 3.96 Å². The molecule has 1 rings (SSSR count). The fraction of sp³-hybridized carbons (Fsp3) is 0.625. The molecule has 0 aromatic carbocycles. The molecule has 0 unspecified atom stereocenters. The monoisotopic (exact) mass is 171 g/mol. The maximum absolute atomic E-state index is 11.1. The van der Waals surface area contributed by atoms with E-state index in [1.807, 2.05) is 5.38 Å². The third-order valence-corrected chi connectivity index (χ3v) is 2.08. The Kier molecular flexibility index (Phi) is 2.18. The lowest BCUT2D eigenvalue weighted by atomic mass is 9.97. The Hall–Kier alpha value is -0.570. The number of hydrogen-bond acceptors (Lipinski definition) is 2. The number of rotatable bonds is 1. The van der Waals surface area contributed by atoms with Gasteiger partial charge in [-0.3, -0.25) is 8.75 Å². The van der Waals surface area contributed by atoms with Crippen LogP contribution in [0.1, 0.15) is 20.8 Å². The van der Waals surface area contributed by atoms with E-state index in [1.54, 1.807) is 10.0 Å². The highest BCUT2D eigenvalue weighted by Gasteiger charge is 2.11. The summed E-state index contributed by atoms with van der Waals surface area (Å²) in [5.41, 5.74) is 0.305. The Labute approximate surface area is 70.6 Å². The van der Waals surface area contributed by atoms with Crippen LogP contribution in [0.15, 0.2) is 16.2 Å². The zero-order chi connectivity index (χ0) is 8.48. The van der Waals surface area contributed by atoms with Crippen LogP contribution in [0.4, 0.5) is 0 Å². The summed E-state index contributed by atoms with van der Waals surface area (Å²) in [6, 6.07) is 1.61. The molecule has 62 valence electrons. The van der Waals surface area contributed by atoms with E-state index in [0.717, 1.165) is 6.54 Å². The van der Waals surface area contributed by atoms with E-state index < -0.39 is 0 Å². The van der Waals surface area contributed by atoms with E-state index >= 15 is 0 Å². The standard InChI is InChI=1S/C8H13NOS/c1-8(2,3)6-9-7(10)4-5-11-9/h4-5H,6H2,1-3H3. The van der Waals surface area contributed by atoms with Crippen molar-refractivity contribution in [2.75, 3.05) is 0 Å². The first-order valence-corrected chi connectivity index (χ1v) is 4.47. The molecule has 0 aliphatic rings. The van der Waals surface area contributed by atoms with Crippen molar-refractivity contribution in [3.63, 3.8) is 0 Å². The van der Waals surface area contributed by atoms with Gasteiger partial charge in [0.25, 0.3) is 5.56 Å². The summed E-state index contributed by atoms with van der Waals surface area (Å²) in [5, 5.41) is 1.83. The van der Waals surface area contributed by atoms with Gasteiger partial charge in [0.15, 0.2) is 0 Å². The molecule has 1 aromatic rings. The van der Waals surface area contributed by atoms with Gasteiger partial charge in [-0.1, -0.05) is 32.3 Å². The van der Waals surface area contributed by atoms with E-state index in [4.69, 9.17) is 0 Å². The van der Waals surface area contributed by atoms with Gasteiger partial charge in [0.2, 0.25) is 0 Å². The van der Waals surface area contributed by atoms with Gasteiger partial charge in [-0.05, 0) is 5.41 Å². The first-order chi connectivity index (χ1) is 4.99. The van der Waals surface area contributed by atoms with E-state index in [0.29, 0.717) is 0 Å². The van der Waals surface area contributed by atoms with Crippen molar-refractivity contribution >= 4 is 11.5 Å². The molecule has 0 saturated heterocycles. The molecule has 0 amide bonds. The lowest BCUT2D eigenvalue weighted by molar-refractivity contribution is 0.353. The summed E-state index contributed by atoms with van der Waals surface area (Å²) in [7, 11) is 0. The van der Waals surface area contributed by atoms with Crippen molar-refractivity contribution in [3.8, 4) is 0 Å². The van der Waals surface area contributed by atoms with Gasteiger partial charge in [-0.15, -0.1) is 0 Å². The number of aromatic nitrogens is 1. The average molecular weight is 171 g/mol. The van der Waals surface area contributed by atoms with Crippen LogP contribution in [0, 0.1) is 5.41 Å². The molecule has 1 heterocycles. The van der Waals surface area contributed by atoms with Gasteiger partial charge in [-0.2, -0.15) is 0 Å². The zero-order valence-electron chi connectivity index (χ0n) is 7.13. The summed E-state index contributed by atoms with van der Waals surface area (Å²) in [5.74, 6) is 0. The maximum atomic E-state index is 11.1. The van der Waals surface area contributed by atoms with Crippen LogP contribution < -0.4 is 5.56 Å². The topological polar surface area (TPSA) is 22.0 Å². The highest BCUT2D eigenvalue weighted by Crippen LogP contribution is 2.15. The molecule has 0 fully saturated rings. The van der Waals surface area contributed by atoms with Crippen LogP contribution in [0.3, 0.4) is 0 Å². The van der Waals surface area contributed by atoms with Gasteiger partial charge >= 0.3 is 0 Å². The second-order valence-corrected chi connectivity index (χ2v) is 4.77. The SMILES string of the molecule is CC(C)(C)Cn1sccc1=O. The highest BCUT2D eigenvalue weighted by atomic mass is 32.1. The fourth-order valence-electron chi connectivity index (χ4n) is 0.843. The van der Waals surface area contributed by atoms with E-state index in [1.165, 1.54) is 11.5 Å². The molecule has 0 aliphatic carbocycles. The summed E-state index contributed by atoms with van der Waals surface area (Å²) >= 11 is 1.48. The molecule has 0 radical (unpaired) electrons. The molecule has 0 atom stereocenters. The molecule has 0 spiro atoms. The average Bonchev–Trinajstić information content (AvgIpc) is 2.12. The van der Waals surface area contributed by atoms with E-state index in [9.17, 15) is 4.79 Å². The lowest BCUT2D eigenvalue weighted by Crippen LogP contribution is -2.21. The van der Waals surface area contributed by atoms with Gasteiger partial charge in [0.05, 0.1) is 0 Å². The predicted molar refractivity (Wildman–Crippen MR) is 48.0 cm³/mol. The quantitative estimate of drug-likeness (QED) is 0.633. The van der Waals surface area contributed by atoms with Crippen molar-refractivity contribution in [2.24, 2.45) is 5.41 Å². The second-order valence-electron chi connectivity index (χ2n) is 3.84. The van der Waals surface area contributed by atoms with Crippen molar-refractivity contribution in [3.05, 3.63) is 21.8 Å². The molecule has 1 aromatic heterocycles. The first kappa shape index (κ1) is 8.53. The summed E-state index contributed by atoms with van der Waals surface area (Å²) in [6.07, 6.45) is 0. The minimum Gasteiger partial charge on any atom is -0.268 e. The molecule has 3 heteroatoms. The summed E-state index contributed by atoms with van der Waals surface area (Å²) < 4.78 is 1.78. The summed E-state index contributed by atoms with van der Waals surface area (Å²) in [6.45, 7) is 7.18. The molecular formula is C8H13NOS. The molecule has 0 N–H and O–H groups in total. The van der Waals surface area contributed by atoms with Crippen LogP contribution in [-0.2, 0) is 6.54 Å². The molecular weight excluding hydrogens is 158 g/mol. The molecule has 2 nitrogen and oxygen atoms in total. The zero-order valence-corrected chi connectivity index (χ0v) is 7.94. The fourth-order valence-corrected chi connectivity index (χ4v) is 1.79. The minimum atomic E-state index is 0.116.